The van der Waals surface area contributed by atoms with E-state index in [1.165, 1.54) is 16.7 Å². The lowest BCUT2D eigenvalue weighted by molar-refractivity contribution is 0.122. The molecule has 2 fully saturated rings. The minimum atomic E-state index is -3.15. The third kappa shape index (κ3) is 5.38. The van der Waals surface area contributed by atoms with Crippen LogP contribution in [0, 0.1) is 13.8 Å². The molecule has 0 radical (unpaired) electrons. The third-order valence-corrected chi connectivity index (χ3v) is 10.3. The second kappa shape index (κ2) is 10.8. The number of ether oxygens (including phenoxy) is 1. The van der Waals surface area contributed by atoms with E-state index in [1.54, 1.807) is 15.6 Å². The molecule has 40 heavy (non-hydrogen) atoms. The molecule has 0 atom stereocenters. The molecule has 212 valence electrons. The molecule has 0 unspecified atom stereocenters. The summed E-state index contributed by atoms with van der Waals surface area (Å²) in [7, 11) is -1.16. The molecule has 0 aliphatic carbocycles. The highest BCUT2D eigenvalue weighted by Gasteiger charge is 2.27. The maximum atomic E-state index is 12.0. The number of fused-ring (bicyclic) bond motifs is 1. The number of benzene rings is 1. The number of morpholine rings is 1. The van der Waals surface area contributed by atoms with Gasteiger partial charge >= 0.3 is 0 Å². The molecule has 2 aliphatic heterocycles. The molecule has 0 N–H and O–H groups in total. The Morgan fingerprint density at radius 2 is 1.75 bits per heavy atom. The molecule has 0 amide bonds. The van der Waals surface area contributed by atoms with Crippen LogP contribution >= 0.6 is 11.3 Å². The van der Waals surface area contributed by atoms with Crippen LogP contribution in [0.5, 0.6) is 0 Å². The van der Waals surface area contributed by atoms with Crippen molar-refractivity contribution in [3.63, 3.8) is 0 Å². The number of hydrogen-bond acceptors (Lipinski definition) is 9. The Hall–Kier alpha value is -2.90. The first-order valence-corrected chi connectivity index (χ1v) is 16.2. The minimum absolute atomic E-state index is 0.522. The van der Waals surface area contributed by atoms with Gasteiger partial charge in [0.1, 0.15) is 0 Å². The van der Waals surface area contributed by atoms with Crippen molar-refractivity contribution < 1.29 is 13.2 Å². The number of thiophene rings is 1. The number of imidazole rings is 1. The zero-order valence-corrected chi connectivity index (χ0v) is 25.1. The first-order chi connectivity index (χ1) is 19.2. The molecule has 1 aromatic carbocycles. The van der Waals surface area contributed by atoms with E-state index in [-0.39, 0.29) is 0 Å². The molecule has 4 aromatic rings. The van der Waals surface area contributed by atoms with E-state index >= 15 is 0 Å². The average molecular weight is 582 g/mol. The van der Waals surface area contributed by atoms with Gasteiger partial charge in [-0.1, -0.05) is 23.8 Å². The predicted octanol–water partition coefficient (Wildman–Crippen LogP) is 3.29. The quantitative estimate of drug-likeness (QED) is 0.342. The molecule has 0 saturated carbocycles. The number of aromatic nitrogens is 4. The van der Waals surface area contributed by atoms with Gasteiger partial charge in [0.15, 0.2) is 17.5 Å². The second-order valence-electron chi connectivity index (χ2n) is 10.7. The van der Waals surface area contributed by atoms with Crippen LogP contribution in [0.4, 0.5) is 5.82 Å². The van der Waals surface area contributed by atoms with Crippen LogP contribution < -0.4 is 4.90 Å². The predicted molar refractivity (Wildman–Crippen MR) is 159 cm³/mol. The number of hydrogen-bond donors (Lipinski definition) is 0. The summed E-state index contributed by atoms with van der Waals surface area (Å²) >= 11 is 1.75. The zero-order valence-electron chi connectivity index (χ0n) is 23.4. The van der Waals surface area contributed by atoms with Crippen molar-refractivity contribution >= 4 is 37.4 Å². The number of aryl methyl sites for hydroxylation is 3. The van der Waals surface area contributed by atoms with E-state index in [1.807, 2.05) is 17.8 Å². The van der Waals surface area contributed by atoms with E-state index < -0.39 is 10.0 Å². The fourth-order valence-corrected chi connectivity index (χ4v) is 7.53. The largest absolute Gasteiger partial charge is 0.378 e. The van der Waals surface area contributed by atoms with Crippen molar-refractivity contribution in [2.75, 3.05) is 63.6 Å². The van der Waals surface area contributed by atoms with Gasteiger partial charge in [-0.25, -0.2) is 23.4 Å². The van der Waals surface area contributed by atoms with Gasteiger partial charge < -0.3 is 14.2 Å². The van der Waals surface area contributed by atoms with E-state index in [4.69, 9.17) is 19.7 Å². The van der Waals surface area contributed by atoms with Crippen LogP contribution in [0.2, 0.25) is 0 Å². The first kappa shape index (κ1) is 27.3. The molecule has 0 spiro atoms. The second-order valence-corrected chi connectivity index (χ2v) is 13.8. The van der Waals surface area contributed by atoms with Crippen molar-refractivity contribution in [1.82, 2.24) is 28.7 Å². The normalized spacial score (nSPS) is 17.6. The lowest BCUT2D eigenvalue weighted by Gasteiger charge is -2.33. The number of piperazine rings is 1. The fraction of sp³-hybridized carbons (Fsp3) is 0.464. The molecule has 10 nitrogen and oxygen atoms in total. The smallest absolute Gasteiger partial charge is 0.211 e. The number of anilines is 1. The van der Waals surface area contributed by atoms with Crippen LogP contribution in [0.3, 0.4) is 0 Å². The maximum Gasteiger partial charge on any atom is 0.211 e. The summed E-state index contributed by atoms with van der Waals surface area (Å²) in [5.41, 5.74) is 5.27. The van der Waals surface area contributed by atoms with Gasteiger partial charge in [-0.05, 0) is 25.5 Å². The molecular formula is C28H35N7O3S2. The maximum absolute atomic E-state index is 12.0. The Balaban J connectivity index is 1.38. The van der Waals surface area contributed by atoms with E-state index in [9.17, 15) is 8.42 Å². The van der Waals surface area contributed by atoms with Crippen molar-refractivity contribution in [2.45, 2.75) is 20.4 Å². The SMILES string of the molecule is Cc1cccc(-c2cn(C)c(-c3nc(N4CCOCC4)c4sc(CN5CCN(S(C)(=O)=O)CC5)c(C)c4n3)n2)c1. The van der Waals surface area contributed by atoms with Gasteiger partial charge in [0.05, 0.1) is 35.4 Å². The lowest BCUT2D eigenvalue weighted by Crippen LogP contribution is -2.47. The van der Waals surface area contributed by atoms with E-state index in [0.29, 0.717) is 45.2 Å². The van der Waals surface area contributed by atoms with Crippen molar-refractivity contribution in [3.05, 3.63) is 46.5 Å². The lowest BCUT2D eigenvalue weighted by atomic mass is 10.1. The van der Waals surface area contributed by atoms with Gasteiger partial charge in [-0.2, -0.15) is 4.31 Å². The Kier molecular flexibility index (Phi) is 7.38. The van der Waals surface area contributed by atoms with Gasteiger partial charge in [0.25, 0.3) is 0 Å². The third-order valence-electron chi connectivity index (χ3n) is 7.71. The summed E-state index contributed by atoms with van der Waals surface area (Å²) in [6, 6.07) is 8.35. The Morgan fingerprint density at radius 1 is 1.00 bits per heavy atom. The summed E-state index contributed by atoms with van der Waals surface area (Å²) in [6.07, 6.45) is 3.32. The molecule has 3 aromatic heterocycles. The molecule has 2 aliphatic rings. The molecule has 2 saturated heterocycles. The van der Waals surface area contributed by atoms with Crippen molar-refractivity contribution in [3.8, 4) is 22.9 Å². The van der Waals surface area contributed by atoms with E-state index in [2.05, 4.69) is 47.9 Å². The highest BCUT2D eigenvalue weighted by molar-refractivity contribution is 7.88. The van der Waals surface area contributed by atoms with Crippen LogP contribution in [0.25, 0.3) is 33.1 Å². The highest BCUT2D eigenvalue weighted by atomic mass is 32.2. The number of rotatable bonds is 6. The number of sulfonamides is 1. The minimum Gasteiger partial charge on any atom is -0.378 e. The summed E-state index contributed by atoms with van der Waals surface area (Å²) in [5, 5.41) is 0. The van der Waals surface area contributed by atoms with Crippen molar-refractivity contribution in [1.29, 1.82) is 0 Å². The summed E-state index contributed by atoms with van der Waals surface area (Å²) in [6.45, 7) is 10.3. The molecule has 0 bridgehead atoms. The summed E-state index contributed by atoms with van der Waals surface area (Å²) in [4.78, 5) is 21.1. The Bertz CT molecular complexity index is 1650. The summed E-state index contributed by atoms with van der Waals surface area (Å²) in [5.74, 6) is 2.28. The van der Waals surface area contributed by atoms with Gasteiger partial charge in [0.2, 0.25) is 10.0 Å². The van der Waals surface area contributed by atoms with Gasteiger partial charge in [-0.15, -0.1) is 11.3 Å². The molecule has 5 heterocycles. The van der Waals surface area contributed by atoms with Crippen LogP contribution in [0.1, 0.15) is 16.0 Å². The highest BCUT2D eigenvalue weighted by Crippen LogP contribution is 2.38. The van der Waals surface area contributed by atoms with Crippen molar-refractivity contribution in [2.24, 2.45) is 7.05 Å². The standard InChI is InChI=1S/C28H35N7O3S2/c1-19-6-5-7-21(16-19)22-17-32(3)28(29-22)26-30-24-20(2)23(18-33-8-10-35(11-9-33)40(4,36)37)39-25(24)27(31-26)34-12-14-38-15-13-34/h5-7,16-17H,8-15,18H2,1-4H3. The monoisotopic (exact) mass is 581 g/mol. The van der Waals surface area contributed by atoms with Crippen LogP contribution in [0.15, 0.2) is 30.5 Å². The zero-order chi connectivity index (χ0) is 28.0. The fourth-order valence-electron chi connectivity index (χ4n) is 5.40. The molecule has 12 heteroatoms. The van der Waals surface area contributed by atoms with E-state index in [0.717, 1.165) is 58.3 Å². The Morgan fingerprint density at radius 3 is 2.45 bits per heavy atom. The van der Waals surface area contributed by atoms with Gasteiger partial charge in [0, 0.05) is 69.5 Å². The number of nitrogens with zero attached hydrogens (tertiary/aromatic N) is 7. The Labute approximate surface area is 239 Å². The first-order valence-electron chi connectivity index (χ1n) is 13.6. The van der Waals surface area contributed by atoms with Gasteiger partial charge in [-0.3, -0.25) is 4.90 Å². The molecule has 6 rings (SSSR count). The van der Waals surface area contributed by atoms with Crippen LogP contribution in [-0.4, -0.2) is 95.9 Å². The average Bonchev–Trinajstić information content (AvgIpc) is 3.48. The van der Waals surface area contributed by atoms with Crippen LogP contribution in [-0.2, 0) is 28.4 Å². The topological polar surface area (TPSA) is 96.7 Å². The molecular weight excluding hydrogens is 546 g/mol. The summed E-state index contributed by atoms with van der Waals surface area (Å²) < 4.78 is 34.2.